The second-order valence-electron chi connectivity index (χ2n) is 10.2. The Morgan fingerprint density at radius 3 is 1.67 bits per heavy atom. The molecule has 0 saturated heterocycles. The van der Waals surface area contributed by atoms with Crippen molar-refractivity contribution in [3.05, 3.63) is 24.0 Å². The van der Waals surface area contributed by atoms with Gasteiger partial charge in [0.1, 0.15) is 5.75 Å². The molecule has 2 nitrogen and oxygen atoms in total. The molecule has 1 aromatic rings. The molecular formula is C20H39NOSi2. The first kappa shape index (κ1) is 21.4. The summed E-state index contributed by atoms with van der Waals surface area (Å²) in [6.45, 7) is 27.5. The molecule has 0 atom stereocenters. The van der Waals surface area contributed by atoms with E-state index in [1.807, 2.05) is 13.1 Å². The fraction of sp³-hybridized carbons (Fsp3) is 0.750. The average Bonchev–Trinajstić information content (AvgIpc) is 2.38. The molecular weight excluding hydrogens is 326 g/mol. The Kier molecular flexibility index (Phi) is 6.20. The highest BCUT2D eigenvalue weighted by molar-refractivity contribution is 6.99. The van der Waals surface area contributed by atoms with E-state index in [0.717, 1.165) is 5.75 Å². The van der Waals surface area contributed by atoms with Crippen LogP contribution in [0.15, 0.2) is 18.3 Å². The van der Waals surface area contributed by atoms with Crippen LogP contribution in [-0.2, 0) is 0 Å². The third-order valence-electron chi connectivity index (χ3n) is 6.68. The first-order chi connectivity index (χ1) is 10.7. The van der Waals surface area contributed by atoms with Gasteiger partial charge in [0, 0.05) is 5.69 Å². The van der Waals surface area contributed by atoms with Crippen LogP contribution in [0, 0.1) is 0 Å². The summed E-state index contributed by atoms with van der Waals surface area (Å²) in [5.41, 5.74) is 1.29. The molecule has 4 heteroatoms. The van der Waals surface area contributed by atoms with Crippen LogP contribution in [-0.4, -0.2) is 27.7 Å². The van der Waals surface area contributed by atoms with Crippen LogP contribution in [0.5, 0.6) is 5.75 Å². The monoisotopic (exact) mass is 365 g/mol. The summed E-state index contributed by atoms with van der Waals surface area (Å²) >= 11 is 0. The van der Waals surface area contributed by atoms with Crippen molar-refractivity contribution in [1.29, 1.82) is 0 Å². The van der Waals surface area contributed by atoms with Crippen molar-refractivity contribution in [2.45, 2.75) is 89.9 Å². The second-order valence-corrected chi connectivity index (χ2v) is 21.8. The summed E-state index contributed by atoms with van der Waals surface area (Å²) in [4.78, 5) is 4.90. The van der Waals surface area contributed by atoms with Crippen LogP contribution in [0.2, 0.25) is 36.3 Å². The number of nitrogens with zero attached hydrogens (tertiary/aromatic N) is 1. The Hall–Kier alpha value is -0.616. The summed E-state index contributed by atoms with van der Waals surface area (Å²) in [5, 5.41) is 1.29. The second kappa shape index (κ2) is 6.95. The van der Waals surface area contributed by atoms with E-state index in [1.165, 1.54) is 5.69 Å². The first-order valence-corrected chi connectivity index (χ1v) is 15.4. The van der Waals surface area contributed by atoms with Crippen molar-refractivity contribution in [1.82, 2.24) is 4.98 Å². The van der Waals surface area contributed by atoms with Crippen molar-refractivity contribution in [2.75, 3.05) is 6.61 Å². The van der Waals surface area contributed by atoms with Gasteiger partial charge in [-0.25, -0.2) is 0 Å². The van der Waals surface area contributed by atoms with Gasteiger partial charge in [-0.1, -0.05) is 67.7 Å². The van der Waals surface area contributed by atoms with Gasteiger partial charge in [0.05, 0.1) is 29.0 Å². The molecule has 0 N–H and O–H groups in total. The lowest BCUT2D eigenvalue weighted by atomic mass is 10.2. The Morgan fingerprint density at radius 1 is 0.917 bits per heavy atom. The molecule has 0 radical (unpaired) electrons. The largest absolute Gasteiger partial charge is 0.492 e. The highest BCUT2D eigenvalue weighted by Crippen LogP contribution is 2.54. The van der Waals surface area contributed by atoms with Gasteiger partial charge in [-0.3, -0.25) is 4.98 Å². The highest BCUT2D eigenvalue weighted by atomic mass is 28.4. The van der Waals surface area contributed by atoms with E-state index in [-0.39, 0.29) is 0 Å². The third-order valence-corrected chi connectivity index (χ3v) is 22.2. The number of ether oxygens (including phenoxy) is 1. The molecule has 1 heterocycles. The van der Waals surface area contributed by atoms with E-state index in [2.05, 4.69) is 79.9 Å². The lowest BCUT2D eigenvalue weighted by Gasteiger charge is -2.53. The van der Waals surface area contributed by atoms with Crippen molar-refractivity contribution in [3.8, 4) is 5.75 Å². The van der Waals surface area contributed by atoms with Crippen LogP contribution in [0.4, 0.5) is 0 Å². The van der Waals surface area contributed by atoms with E-state index in [9.17, 15) is 0 Å². The predicted molar refractivity (Wildman–Crippen MR) is 113 cm³/mol. The molecule has 0 fully saturated rings. The number of aromatic nitrogens is 1. The fourth-order valence-corrected chi connectivity index (χ4v) is 16.7. The first-order valence-electron chi connectivity index (χ1n) is 9.25. The number of hydrogen-bond acceptors (Lipinski definition) is 2. The minimum atomic E-state index is -1.60. The molecule has 138 valence electrons. The Morgan fingerprint density at radius 2 is 1.38 bits per heavy atom. The number of pyridine rings is 1. The normalized spacial score (nSPS) is 14.2. The minimum absolute atomic E-state index is 0.341. The van der Waals surface area contributed by atoms with Crippen LogP contribution in [0.3, 0.4) is 0 Å². The number of hydrogen-bond donors (Lipinski definition) is 0. The molecule has 1 aromatic heterocycles. The summed E-state index contributed by atoms with van der Waals surface area (Å²) in [6, 6.07) is 4.34. The van der Waals surface area contributed by atoms with Gasteiger partial charge in [0.25, 0.3) is 0 Å². The van der Waals surface area contributed by atoms with Gasteiger partial charge >= 0.3 is 0 Å². The maximum Gasteiger partial charge on any atom is 0.137 e. The van der Waals surface area contributed by atoms with Crippen LogP contribution in [0.25, 0.3) is 0 Å². The van der Waals surface area contributed by atoms with Crippen LogP contribution < -0.4 is 4.74 Å². The molecule has 24 heavy (non-hydrogen) atoms. The maximum absolute atomic E-state index is 5.61. The Labute approximate surface area is 152 Å². The zero-order valence-electron chi connectivity index (χ0n) is 17.9. The summed E-state index contributed by atoms with van der Waals surface area (Å²) in [6.07, 6.45) is 1.92. The van der Waals surface area contributed by atoms with Gasteiger partial charge in [0.15, 0.2) is 0 Å². The molecule has 0 amide bonds. The highest BCUT2D eigenvalue weighted by Gasteiger charge is 2.54. The lowest BCUT2D eigenvalue weighted by Crippen LogP contribution is -2.58. The van der Waals surface area contributed by atoms with E-state index >= 15 is 0 Å². The van der Waals surface area contributed by atoms with Crippen LogP contribution >= 0.6 is 0 Å². The molecule has 0 unspecified atom stereocenters. The fourth-order valence-electron chi connectivity index (χ4n) is 3.32. The average molecular weight is 366 g/mol. The quantitative estimate of drug-likeness (QED) is 0.544. The Balaban J connectivity index is 3.50. The minimum Gasteiger partial charge on any atom is -0.492 e. The molecule has 0 aromatic carbocycles. The molecule has 0 bridgehead atoms. The van der Waals surface area contributed by atoms with E-state index < -0.39 is 16.1 Å². The van der Waals surface area contributed by atoms with E-state index in [0.29, 0.717) is 21.8 Å². The zero-order chi connectivity index (χ0) is 19.0. The van der Waals surface area contributed by atoms with Gasteiger partial charge < -0.3 is 4.74 Å². The standard InChI is InChI=1S/C20H39NOSi2/c1-12-22-16-13-14-17(21-15-16)18(23(8,9)19(2,3)4)24(10,11)20(5,6)7/h13-15,18H,12H2,1-11H3. The maximum atomic E-state index is 5.61. The van der Waals surface area contributed by atoms with Gasteiger partial charge in [0.2, 0.25) is 0 Å². The molecule has 1 rings (SSSR count). The topological polar surface area (TPSA) is 22.1 Å². The summed E-state index contributed by atoms with van der Waals surface area (Å²) in [7, 11) is -3.20. The van der Waals surface area contributed by atoms with Gasteiger partial charge in [-0.2, -0.15) is 0 Å². The van der Waals surface area contributed by atoms with E-state index in [1.54, 1.807) is 0 Å². The number of rotatable bonds is 5. The summed E-state index contributed by atoms with van der Waals surface area (Å²) in [5.74, 6) is 0.880. The molecule has 0 aliphatic rings. The zero-order valence-corrected chi connectivity index (χ0v) is 19.9. The predicted octanol–water partition coefficient (Wildman–Crippen LogP) is 6.66. The SMILES string of the molecule is CCOc1ccc(C([Si](C)(C)C(C)(C)C)[Si](C)(C)C(C)(C)C)nc1. The van der Waals surface area contributed by atoms with Crippen molar-refractivity contribution >= 4 is 16.1 Å². The van der Waals surface area contributed by atoms with Gasteiger partial charge in [-0.05, 0) is 34.3 Å². The Bertz CT molecular complexity index is 510. The van der Waals surface area contributed by atoms with E-state index in [4.69, 9.17) is 9.72 Å². The van der Waals surface area contributed by atoms with Crippen molar-refractivity contribution in [2.24, 2.45) is 0 Å². The molecule has 0 saturated carbocycles. The smallest absolute Gasteiger partial charge is 0.137 e. The molecule has 0 aliphatic carbocycles. The van der Waals surface area contributed by atoms with Crippen molar-refractivity contribution < 1.29 is 4.74 Å². The third kappa shape index (κ3) is 4.13. The van der Waals surface area contributed by atoms with Crippen molar-refractivity contribution in [3.63, 3.8) is 0 Å². The van der Waals surface area contributed by atoms with Gasteiger partial charge in [-0.15, -0.1) is 0 Å². The molecule has 0 aliphatic heterocycles. The lowest BCUT2D eigenvalue weighted by molar-refractivity contribution is 0.338. The van der Waals surface area contributed by atoms with Crippen LogP contribution in [0.1, 0.15) is 59.3 Å². The molecule has 0 spiro atoms. The summed E-state index contributed by atoms with van der Waals surface area (Å²) < 4.78 is 5.61.